The first-order valence-electron chi connectivity index (χ1n) is 7.84. The number of benzene rings is 1. The Balaban J connectivity index is 2.13. The number of nitrogens with zero attached hydrogens (tertiary/aromatic N) is 1. The highest BCUT2D eigenvalue weighted by atomic mass is 16.6. The van der Waals surface area contributed by atoms with Crippen LogP contribution in [0.1, 0.15) is 33.3 Å². The van der Waals surface area contributed by atoms with Crippen LogP contribution in [0.5, 0.6) is 0 Å². The van der Waals surface area contributed by atoms with Crippen LogP contribution in [0.4, 0.5) is 4.79 Å². The predicted octanol–water partition coefficient (Wildman–Crippen LogP) is 3.48. The van der Waals surface area contributed by atoms with Gasteiger partial charge in [-0.3, -0.25) is 4.90 Å². The molecule has 5 heteroatoms. The summed E-state index contributed by atoms with van der Waals surface area (Å²) in [6.45, 7) is 8.46. The third-order valence-corrected chi connectivity index (χ3v) is 3.84. The normalized spacial score (nSPS) is 21.3. The molecule has 0 aliphatic carbocycles. The number of nitrogens with one attached hydrogen (secondary N) is 1. The zero-order chi connectivity index (χ0) is 17.0. The van der Waals surface area contributed by atoms with Gasteiger partial charge in [0, 0.05) is 5.41 Å². The standard InChI is InChI=1S/C18H26N2O3/c1-13-11-15(22-5)19-16(18(2,3)4)20(13)17(21)23-12-14-9-7-6-8-10-14/h6-11,13,16,19H,12H2,1-5H3/t13-,16+/m0/s1. The fourth-order valence-corrected chi connectivity index (χ4v) is 2.61. The Morgan fingerprint density at radius 1 is 1.26 bits per heavy atom. The number of methoxy groups -OCH3 is 1. The summed E-state index contributed by atoms with van der Waals surface area (Å²) in [7, 11) is 1.62. The van der Waals surface area contributed by atoms with E-state index < -0.39 is 0 Å². The Hall–Kier alpha value is -2.17. The third kappa shape index (κ3) is 4.18. The van der Waals surface area contributed by atoms with Crippen LogP contribution in [0.25, 0.3) is 0 Å². The Labute approximate surface area is 138 Å². The van der Waals surface area contributed by atoms with Crippen molar-refractivity contribution in [1.29, 1.82) is 0 Å². The molecule has 0 bridgehead atoms. The summed E-state index contributed by atoms with van der Waals surface area (Å²) in [5.74, 6) is 0.685. The van der Waals surface area contributed by atoms with Crippen molar-refractivity contribution >= 4 is 6.09 Å². The zero-order valence-corrected chi connectivity index (χ0v) is 14.5. The summed E-state index contributed by atoms with van der Waals surface area (Å²) < 4.78 is 10.8. The molecule has 1 aliphatic rings. The van der Waals surface area contributed by atoms with Crippen LogP contribution in [0, 0.1) is 5.41 Å². The van der Waals surface area contributed by atoms with Gasteiger partial charge in [-0.25, -0.2) is 4.79 Å². The lowest BCUT2D eigenvalue weighted by atomic mass is 9.89. The molecule has 1 heterocycles. The van der Waals surface area contributed by atoms with Crippen molar-refractivity contribution < 1.29 is 14.3 Å². The first-order valence-corrected chi connectivity index (χ1v) is 7.84. The van der Waals surface area contributed by atoms with Gasteiger partial charge in [-0.15, -0.1) is 0 Å². The van der Waals surface area contributed by atoms with Gasteiger partial charge in [0.2, 0.25) is 0 Å². The summed E-state index contributed by atoms with van der Waals surface area (Å²) in [4.78, 5) is 14.4. The van der Waals surface area contributed by atoms with Crippen LogP contribution in [-0.4, -0.2) is 30.3 Å². The molecule has 1 N–H and O–H groups in total. The summed E-state index contributed by atoms with van der Waals surface area (Å²) in [6.07, 6.45) is 1.34. The topological polar surface area (TPSA) is 50.8 Å². The number of carbonyl (C=O) groups excluding carboxylic acids is 1. The molecule has 0 aromatic heterocycles. The van der Waals surface area contributed by atoms with Crippen LogP contribution >= 0.6 is 0 Å². The Morgan fingerprint density at radius 2 is 1.91 bits per heavy atom. The molecular formula is C18H26N2O3. The average Bonchev–Trinajstić information content (AvgIpc) is 2.52. The maximum absolute atomic E-state index is 12.6. The van der Waals surface area contributed by atoms with Gasteiger partial charge in [0.15, 0.2) is 5.88 Å². The highest BCUT2D eigenvalue weighted by molar-refractivity contribution is 5.69. The molecule has 1 aromatic rings. The SMILES string of the molecule is COC1=C[C@H](C)N(C(=O)OCc2ccccc2)[C@H](C(C)(C)C)N1. The van der Waals surface area contributed by atoms with Crippen molar-refractivity contribution in [2.75, 3.05) is 7.11 Å². The van der Waals surface area contributed by atoms with Crippen molar-refractivity contribution in [2.24, 2.45) is 5.41 Å². The van der Waals surface area contributed by atoms with E-state index >= 15 is 0 Å². The molecule has 0 saturated carbocycles. The Bertz CT molecular complexity index is 563. The van der Waals surface area contributed by atoms with Gasteiger partial charge >= 0.3 is 6.09 Å². The second-order valence-electron chi connectivity index (χ2n) is 6.84. The lowest BCUT2D eigenvalue weighted by Crippen LogP contribution is -2.60. The molecule has 0 fully saturated rings. The van der Waals surface area contributed by atoms with Gasteiger partial charge in [-0.1, -0.05) is 51.1 Å². The number of amides is 1. The fourth-order valence-electron chi connectivity index (χ4n) is 2.61. The first-order chi connectivity index (χ1) is 10.8. The molecular weight excluding hydrogens is 292 g/mol. The highest BCUT2D eigenvalue weighted by Gasteiger charge is 2.40. The molecule has 0 spiro atoms. The van der Waals surface area contributed by atoms with Crippen molar-refractivity contribution in [3.05, 3.63) is 47.9 Å². The molecule has 1 aliphatic heterocycles. The second-order valence-corrected chi connectivity index (χ2v) is 6.84. The van der Waals surface area contributed by atoms with Gasteiger partial charge in [0.1, 0.15) is 12.8 Å². The van der Waals surface area contributed by atoms with Gasteiger partial charge in [-0.2, -0.15) is 0 Å². The van der Waals surface area contributed by atoms with Gasteiger partial charge < -0.3 is 14.8 Å². The Morgan fingerprint density at radius 3 is 2.48 bits per heavy atom. The van der Waals surface area contributed by atoms with E-state index in [1.54, 1.807) is 12.0 Å². The first kappa shape index (κ1) is 17.2. The highest BCUT2D eigenvalue weighted by Crippen LogP contribution is 2.29. The van der Waals surface area contributed by atoms with E-state index in [0.717, 1.165) is 5.56 Å². The van der Waals surface area contributed by atoms with Crippen molar-refractivity contribution in [3.8, 4) is 0 Å². The summed E-state index contributed by atoms with van der Waals surface area (Å²) in [5.41, 5.74) is 0.803. The third-order valence-electron chi connectivity index (χ3n) is 3.84. The zero-order valence-electron chi connectivity index (χ0n) is 14.5. The summed E-state index contributed by atoms with van der Waals surface area (Å²) in [5, 5.41) is 3.27. The van der Waals surface area contributed by atoms with E-state index in [0.29, 0.717) is 5.88 Å². The van der Waals surface area contributed by atoms with Crippen LogP contribution in [0.3, 0.4) is 0 Å². The molecule has 2 atom stereocenters. The van der Waals surface area contributed by atoms with E-state index in [2.05, 4.69) is 26.1 Å². The second kappa shape index (κ2) is 6.94. The maximum atomic E-state index is 12.6. The molecule has 0 unspecified atom stereocenters. The lowest BCUT2D eigenvalue weighted by Gasteiger charge is -2.45. The largest absolute Gasteiger partial charge is 0.483 e. The number of hydrogen-bond acceptors (Lipinski definition) is 4. The van der Waals surface area contributed by atoms with Crippen LogP contribution in [0.2, 0.25) is 0 Å². The van der Waals surface area contributed by atoms with E-state index in [9.17, 15) is 4.79 Å². The molecule has 1 aromatic carbocycles. The number of ether oxygens (including phenoxy) is 2. The van der Waals surface area contributed by atoms with E-state index in [1.807, 2.05) is 43.3 Å². The minimum Gasteiger partial charge on any atom is -0.483 e. The predicted molar refractivity (Wildman–Crippen MR) is 89.4 cm³/mol. The molecule has 1 amide bonds. The smallest absolute Gasteiger partial charge is 0.412 e. The van der Waals surface area contributed by atoms with Crippen molar-refractivity contribution in [2.45, 2.75) is 46.5 Å². The molecule has 0 radical (unpaired) electrons. The maximum Gasteiger partial charge on any atom is 0.412 e. The fraction of sp³-hybridized carbons (Fsp3) is 0.500. The Kier molecular flexibility index (Phi) is 5.19. The lowest BCUT2D eigenvalue weighted by molar-refractivity contribution is 0.0149. The molecule has 2 rings (SSSR count). The van der Waals surface area contributed by atoms with E-state index in [4.69, 9.17) is 9.47 Å². The van der Waals surface area contributed by atoms with Gasteiger partial charge in [0.05, 0.1) is 13.2 Å². The van der Waals surface area contributed by atoms with E-state index in [-0.39, 0.29) is 30.3 Å². The quantitative estimate of drug-likeness (QED) is 0.927. The molecule has 23 heavy (non-hydrogen) atoms. The van der Waals surface area contributed by atoms with Gasteiger partial charge in [-0.05, 0) is 18.6 Å². The van der Waals surface area contributed by atoms with Crippen LogP contribution < -0.4 is 5.32 Å². The molecule has 0 saturated heterocycles. The van der Waals surface area contributed by atoms with Crippen molar-refractivity contribution in [3.63, 3.8) is 0 Å². The number of hydrogen-bond donors (Lipinski definition) is 1. The summed E-state index contributed by atoms with van der Waals surface area (Å²) >= 11 is 0. The minimum atomic E-state index is -0.333. The molecule has 5 nitrogen and oxygen atoms in total. The minimum absolute atomic E-state index is 0.112. The number of carbonyl (C=O) groups is 1. The van der Waals surface area contributed by atoms with E-state index in [1.165, 1.54) is 0 Å². The summed E-state index contributed by atoms with van der Waals surface area (Å²) in [6, 6.07) is 9.57. The van der Waals surface area contributed by atoms with Gasteiger partial charge in [0.25, 0.3) is 0 Å². The molecule has 126 valence electrons. The average molecular weight is 318 g/mol. The van der Waals surface area contributed by atoms with Crippen LogP contribution in [-0.2, 0) is 16.1 Å². The van der Waals surface area contributed by atoms with Crippen LogP contribution in [0.15, 0.2) is 42.3 Å². The van der Waals surface area contributed by atoms with Crippen molar-refractivity contribution in [1.82, 2.24) is 10.2 Å². The number of rotatable bonds is 3. The monoisotopic (exact) mass is 318 g/mol.